The van der Waals surface area contributed by atoms with Crippen molar-refractivity contribution in [2.24, 2.45) is 0 Å². The predicted octanol–water partition coefficient (Wildman–Crippen LogP) is 7.57. The molecule has 1 nitrogen and oxygen atoms in total. The minimum absolute atomic E-state index is 0.0449. The number of hydrogen-bond donors (Lipinski definition) is 0. The minimum atomic E-state index is -0.637. The maximum absolute atomic E-state index is 15.1. The Kier molecular flexibility index (Phi) is 6.63. The Bertz CT molecular complexity index is 1450. The summed E-state index contributed by atoms with van der Waals surface area (Å²) in [6, 6.07) is 23.5. The second-order valence-electron chi connectivity index (χ2n) is 7.72. The fraction of sp³-hybridized carbons (Fsp3) is 0.100. The van der Waals surface area contributed by atoms with Gasteiger partial charge in [0.15, 0.2) is 0 Å². The van der Waals surface area contributed by atoms with Crippen molar-refractivity contribution in [3.05, 3.63) is 119 Å². The van der Waals surface area contributed by atoms with Crippen molar-refractivity contribution in [2.75, 3.05) is 0 Å². The molecule has 4 aromatic rings. The molecule has 3 heteroatoms. The van der Waals surface area contributed by atoms with Crippen LogP contribution in [0.4, 0.5) is 8.78 Å². The Morgan fingerprint density at radius 2 is 1.58 bits per heavy atom. The molecule has 0 saturated heterocycles. The lowest BCUT2D eigenvalue weighted by Crippen LogP contribution is -1.89. The second kappa shape index (κ2) is 9.94. The van der Waals surface area contributed by atoms with E-state index in [1.165, 1.54) is 17.7 Å². The van der Waals surface area contributed by atoms with E-state index in [9.17, 15) is 4.39 Å². The molecule has 0 spiro atoms. The van der Waals surface area contributed by atoms with E-state index >= 15 is 4.39 Å². The first-order chi connectivity index (χ1) is 16.1. The van der Waals surface area contributed by atoms with E-state index in [4.69, 9.17) is 5.26 Å². The smallest absolute Gasteiger partial charge is 0.146 e. The summed E-state index contributed by atoms with van der Waals surface area (Å²) in [7, 11) is 0. The van der Waals surface area contributed by atoms with E-state index in [2.05, 4.69) is 48.3 Å². The lowest BCUT2D eigenvalue weighted by Gasteiger charge is -2.07. The summed E-state index contributed by atoms with van der Waals surface area (Å²) in [4.78, 5) is 0. The Hall–Kier alpha value is -4.21. The van der Waals surface area contributed by atoms with Crippen LogP contribution in [-0.4, -0.2) is 0 Å². The van der Waals surface area contributed by atoms with E-state index in [1.54, 1.807) is 24.3 Å². The first kappa shape index (κ1) is 22.0. The van der Waals surface area contributed by atoms with E-state index in [1.807, 2.05) is 25.1 Å². The molecular weight excluding hydrogens is 412 g/mol. The third-order valence-electron chi connectivity index (χ3n) is 5.51. The van der Waals surface area contributed by atoms with Crippen molar-refractivity contribution in [1.29, 1.82) is 5.26 Å². The minimum Gasteiger partial charge on any atom is -0.206 e. The van der Waals surface area contributed by atoms with Crippen LogP contribution in [0.25, 0.3) is 21.9 Å². The standard InChI is InChI=1S/C30H21F2N/c1-2-3-4-5-21-6-10-23(11-7-21)25-16-17-28-26(19-25)15-14-24(30(28)32)12-8-22-9-13-27(20-33)29(31)18-22/h2-3,6-7,9-11,13-19H,4-5H2,1H3/b3-2+. The molecule has 0 amide bonds. The number of nitrogens with zero attached hydrogens (tertiary/aromatic N) is 1. The third kappa shape index (κ3) is 5.00. The number of rotatable bonds is 4. The molecule has 0 radical (unpaired) electrons. The van der Waals surface area contributed by atoms with E-state index < -0.39 is 11.6 Å². The summed E-state index contributed by atoms with van der Waals surface area (Å²) in [5.41, 5.74) is 3.97. The Morgan fingerprint density at radius 1 is 0.818 bits per heavy atom. The number of allylic oxidation sites excluding steroid dienone is 2. The predicted molar refractivity (Wildman–Crippen MR) is 130 cm³/mol. The van der Waals surface area contributed by atoms with Crippen LogP contribution in [0.3, 0.4) is 0 Å². The number of aryl methyl sites for hydroxylation is 1. The second-order valence-corrected chi connectivity index (χ2v) is 7.72. The average molecular weight is 434 g/mol. The highest BCUT2D eigenvalue weighted by molar-refractivity contribution is 5.89. The van der Waals surface area contributed by atoms with Gasteiger partial charge in [0.2, 0.25) is 0 Å². The third-order valence-corrected chi connectivity index (χ3v) is 5.51. The van der Waals surface area contributed by atoms with Gasteiger partial charge in [0.25, 0.3) is 0 Å². The number of benzene rings is 4. The van der Waals surface area contributed by atoms with Gasteiger partial charge in [-0.1, -0.05) is 66.5 Å². The van der Waals surface area contributed by atoms with Gasteiger partial charge in [0.1, 0.15) is 17.7 Å². The Labute approximate surface area is 192 Å². The normalized spacial score (nSPS) is 10.7. The highest BCUT2D eigenvalue weighted by Gasteiger charge is 2.08. The van der Waals surface area contributed by atoms with Crippen molar-refractivity contribution < 1.29 is 8.78 Å². The van der Waals surface area contributed by atoms with E-state index in [0.29, 0.717) is 10.9 Å². The molecule has 0 bridgehead atoms. The lowest BCUT2D eigenvalue weighted by atomic mass is 9.98. The van der Waals surface area contributed by atoms with Crippen LogP contribution < -0.4 is 0 Å². The molecule has 160 valence electrons. The monoisotopic (exact) mass is 433 g/mol. The van der Waals surface area contributed by atoms with Crippen molar-refractivity contribution in [1.82, 2.24) is 0 Å². The van der Waals surface area contributed by atoms with Crippen LogP contribution in [0, 0.1) is 34.8 Å². The quantitative estimate of drug-likeness (QED) is 0.241. The number of halogens is 2. The molecule has 0 saturated carbocycles. The molecule has 4 rings (SSSR count). The van der Waals surface area contributed by atoms with Crippen LogP contribution in [0.2, 0.25) is 0 Å². The zero-order valence-electron chi connectivity index (χ0n) is 18.2. The van der Waals surface area contributed by atoms with Crippen LogP contribution >= 0.6 is 0 Å². The summed E-state index contributed by atoms with van der Waals surface area (Å²) >= 11 is 0. The first-order valence-corrected chi connectivity index (χ1v) is 10.7. The molecule has 33 heavy (non-hydrogen) atoms. The van der Waals surface area contributed by atoms with Crippen LogP contribution in [0.15, 0.2) is 84.9 Å². The first-order valence-electron chi connectivity index (χ1n) is 10.7. The zero-order valence-corrected chi connectivity index (χ0v) is 18.2. The highest BCUT2D eigenvalue weighted by Crippen LogP contribution is 2.28. The molecule has 0 atom stereocenters. The molecule has 0 aliphatic carbocycles. The van der Waals surface area contributed by atoms with Gasteiger partial charge in [-0.3, -0.25) is 0 Å². The fourth-order valence-electron chi connectivity index (χ4n) is 3.67. The summed E-state index contributed by atoms with van der Waals surface area (Å²) < 4.78 is 28.8. The Morgan fingerprint density at radius 3 is 2.30 bits per heavy atom. The largest absolute Gasteiger partial charge is 0.206 e. The molecule has 0 aliphatic rings. The van der Waals surface area contributed by atoms with Crippen molar-refractivity contribution in [2.45, 2.75) is 19.8 Å². The average Bonchev–Trinajstić information content (AvgIpc) is 2.84. The van der Waals surface area contributed by atoms with Gasteiger partial charge in [-0.05, 0) is 72.2 Å². The van der Waals surface area contributed by atoms with E-state index in [-0.39, 0.29) is 11.1 Å². The van der Waals surface area contributed by atoms with Crippen molar-refractivity contribution in [3.63, 3.8) is 0 Å². The number of hydrogen-bond acceptors (Lipinski definition) is 1. The van der Waals surface area contributed by atoms with Crippen LogP contribution in [0.5, 0.6) is 0 Å². The molecule has 4 aromatic carbocycles. The number of fused-ring (bicyclic) bond motifs is 1. The fourth-order valence-corrected chi connectivity index (χ4v) is 3.67. The molecule has 0 aliphatic heterocycles. The van der Waals surface area contributed by atoms with Crippen molar-refractivity contribution >= 4 is 10.8 Å². The Balaban J connectivity index is 1.59. The van der Waals surface area contributed by atoms with Gasteiger partial charge in [-0.15, -0.1) is 0 Å². The van der Waals surface area contributed by atoms with Gasteiger partial charge >= 0.3 is 0 Å². The highest BCUT2D eigenvalue weighted by atomic mass is 19.1. The van der Waals surface area contributed by atoms with Crippen molar-refractivity contribution in [3.8, 4) is 29.0 Å². The molecule has 0 unspecified atom stereocenters. The summed E-state index contributed by atoms with van der Waals surface area (Å²) in [6.07, 6.45) is 6.25. The number of nitriles is 1. The van der Waals surface area contributed by atoms with Gasteiger partial charge in [-0.25, -0.2) is 8.78 Å². The van der Waals surface area contributed by atoms with Gasteiger partial charge < -0.3 is 0 Å². The SMILES string of the molecule is C/C=C/CCc1ccc(-c2ccc3c(F)c(C#Cc4ccc(C#N)c(F)c4)ccc3c2)cc1. The van der Waals surface area contributed by atoms with Gasteiger partial charge in [0.05, 0.1) is 11.1 Å². The van der Waals surface area contributed by atoms with Crippen LogP contribution in [-0.2, 0) is 6.42 Å². The van der Waals surface area contributed by atoms with Crippen LogP contribution in [0.1, 0.15) is 35.6 Å². The molecule has 0 aromatic heterocycles. The molecule has 0 N–H and O–H groups in total. The molecule has 0 heterocycles. The molecule has 0 fully saturated rings. The van der Waals surface area contributed by atoms with E-state index in [0.717, 1.165) is 29.4 Å². The van der Waals surface area contributed by atoms with Gasteiger partial charge in [0, 0.05) is 10.9 Å². The summed E-state index contributed by atoms with van der Waals surface area (Å²) in [5, 5.41) is 10.1. The maximum Gasteiger partial charge on any atom is 0.146 e. The molecular formula is C30H21F2N. The summed E-state index contributed by atoms with van der Waals surface area (Å²) in [6.45, 7) is 2.03. The zero-order chi connectivity index (χ0) is 23.2. The summed E-state index contributed by atoms with van der Waals surface area (Å²) in [5.74, 6) is 4.52. The van der Waals surface area contributed by atoms with Gasteiger partial charge in [-0.2, -0.15) is 5.26 Å². The lowest BCUT2D eigenvalue weighted by molar-refractivity contribution is 0.623. The maximum atomic E-state index is 15.1. The topological polar surface area (TPSA) is 23.8 Å².